The molecule has 4 rings (SSSR count). The van der Waals surface area contributed by atoms with Crippen LogP contribution >= 0.6 is 11.6 Å². The van der Waals surface area contributed by atoms with Crippen LogP contribution in [0.25, 0.3) is 0 Å². The van der Waals surface area contributed by atoms with E-state index in [1.54, 1.807) is 7.11 Å². The van der Waals surface area contributed by atoms with Crippen molar-refractivity contribution in [3.63, 3.8) is 0 Å². The van der Waals surface area contributed by atoms with Crippen LogP contribution in [-0.4, -0.2) is 72.9 Å². The molecule has 2 heterocycles. The number of rotatable bonds is 11. The Morgan fingerprint density at radius 2 is 1.79 bits per heavy atom. The lowest BCUT2D eigenvalue weighted by atomic mass is 9.93. The summed E-state index contributed by atoms with van der Waals surface area (Å²) in [6, 6.07) is 9.86. The molecule has 214 valence electrons. The fourth-order valence-electron chi connectivity index (χ4n) is 5.57. The lowest BCUT2D eigenvalue weighted by Gasteiger charge is -2.39. The van der Waals surface area contributed by atoms with E-state index in [0.717, 1.165) is 79.2 Å². The summed E-state index contributed by atoms with van der Waals surface area (Å²) in [5.74, 6) is 2.40. The number of ether oxygens (including phenoxy) is 3. The normalized spacial score (nSPS) is 20.5. The molecule has 2 aliphatic rings. The number of hydrogen-bond acceptors (Lipinski definition) is 6. The molecule has 0 unspecified atom stereocenters. The van der Waals surface area contributed by atoms with E-state index in [0.29, 0.717) is 44.0 Å². The molecule has 2 aliphatic heterocycles. The minimum atomic E-state index is -0.915. The second kappa shape index (κ2) is 13.7. The third-order valence-corrected chi connectivity index (χ3v) is 8.28. The minimum Gasteiger partial charge on any atom is -0.493 e. The zero-order valence-electron chi connectivity index (χ0n) is 23.6. The summed E-state index contributed by atoms with van der Waals surface area (Å²) in [5, 5.41) is 12.1. The molecule has 2 aromatic rings. The van der Waals surface area contributed by atoms with Gasteiger partial charge in [-0.05, 0) is 93.5 Å². The van der Waals surface area contributed by atoms with Crippen molar-refractivity contribution < 1.29 is 24.1 Å². The lowest BCUT2D eigenvalue weighted by Crippen LogP contribution is -2.51. The van der Waals surface area contributed by atoms with Gasteiger partial charge in [0.25, 0.3) is 0 Å². The Hall–Kier alpha value is -2.48. The Kier molecular flexibility index (Phi) is 10.4. The summed E-state index contributed by atoms with van der Waals surface area (Å²) < 4.78 is 17.7. The SMILES string of the molecule is COc1cc(CN2CCC[C@](O)(COc3cc(C)c(Cl)c(C)c3)C2)ccc1OCCCN1CCCCCC1=O. The van der Waals surface area contributed by atoms with Crippen molar-refractivity contribution in [3.05, 3.63) is 52.0 Å². The first-order valence-electron chi connectivity index (χ1n) is 14.2. The van der Waals surface area contributed by atoms with E-state index in [1.165, 1.54) is 0 Å². The number of likely N-dealkylation sites (tertiary alicyclic amines) is 2. The Balaban J connectivity index is 1.28. The predicted molar refractivity (Wildman–Crippen MR) is 154 cm³/mol. The maximum Gasteiger partial charge on any atom is 0.222 e. The molecule has 0 saturated carbocycles. The second-order valence-electron chi connectivity index (χ2n) is 11.1. The first-order valence-corrected chi connectivity index (χ1v) is 14.6. The zero-order chi connectivity index (χ0) is 27.8. The zero-order valence-corrected chi connectivity index (χ0v) is 24.4. The molecule has 0 aliphatic carbocycles. The van der Waals surface area contributed by atoms with Gasteiger partial charge in [-0.3, -0.25) is 9.69 Å². The molecule has 39 heavy (non-hydrogen) atoms. The first-order chi connectivity index (χ1) is 18.8. The highest BCUT2D eigenvalue weighted by Crippen LogP contribution is 2.31. The molecule has 0 bridgehead atoms. The molecule has 0 aromatic heterocycles. The van der Waals surface area contributed by atoms with Crippen molar-refractivity contribution in [2.75, 3.05) is 46.5 Å². The van der Waals surface area contributed by atoms with Crippen molar-refractivity contribution in [1.82, 2.24) is 9.80 Å². The second-order valence-corrected chi connectivity index (χ2v) is 11.5. The average molecular weight is 559 g/mol. The van der Waals surface area contributed by atoms with E-state index in [2.05, 4.69) is 11.0 Å². The van der Waals surface area contributed by atoms with Crippen LogP contribution < -0.4 is 14.2 Å². The number of methoxy groups -OCH3 is 1. The first kappa shape index (κ1) is 29.5. The van der Waals surface area contributed by atoms with Crippen LogP contribution in [0, 0.1) is 13.8 Å². The van der Waals surface area contributed by atoms with Gasteiger partial charge in [-0.25, -0.2) is 0 Å². The van der Waals surface area contributed by atoms with E-state index in [4.69, 9.17) is 25.8 Å². The number of halogens is 1. The van der Waals surface area contributed by atoms with Gasteiger partial charge in [0.2, 0.25) is 5.91 Å². The van der Waals surface area contributed by atoms with E-state index in [1.807, 2.05) is 43.0 Å². The van der Waals surface area contributed by atoms with Crippen molar-refractivity contribution in [1.29, 1.82) is 0 Å². The van der Waals surface area contributed by atoms with Gasteiger partial charge in [-0.1, -0.05) is 24.1 Å². The largest absolute Gasteiger partial charge is 0.493 e. The summed E-state index contributed by atoms with van der Waals surface area (Å²) in [5.41, 5.74) is 2.13. The van der Waals surface area contributed by atoms with Crippen LogP contribution in [0.15, 0.2) is 30.3 Å². The number of piperidine rings is 1. The fourth-order valence-corrected chi connectivity index (χ4v) is 5.68. The number of carbonyl (C=O) groups is 1. The van der Waals surface area contributed by atoms with Crippen molar-refractivity contribution in [3.8, 4) is 17.2 Å². The number of carbonyl (C=O) groups excluding carboxylic acids is 1. The van der Waals surface area contributed by atoms with Crippen molar-refractivity contribution in [2.45, 2.75) is 70.9 Å². The maximum atomic E-state index is 12.2. The molecule has 2 fully saturated rings. The van der Waals surface area contributed by atoms with Crippen molar-refractivity contribution in [2.24, 2.45) is 0 Å². The van der Waals surface area contributed by atoms with Crippen LogP contribution in [-0.2, 0) is 11.3 Å². The summed E-state index contributed by atoms with van der Waals surface area (Å²) in [7, 11) is 1.65. The molecular weight excluding hydrogens is 516 g/mol. The van der Waals surface area contributed by atoms with Crippen LogP contribution in [0.2, 0.25) is 5.02 Å². The standard InChI is InChI=1S/C31H43ClN2O5/c1-23-17-26(18-24(2)30(23)32)39-22-31(36)12-7-13-33(21-31)20-25-10-11-27(28(19-25)37-3)38-16-8-15-34-14-6-4-5-9-29(34)35/h10-11,17-19,36H,4-9,12-16,20-22H2,1-3H3/t31-/m1/s1. The van der Waals surface area contributed by atoms with Gasteiger partial charge < -0.3 is 24.2 Å². The quantitative estimate of drug-likeness (QED) is 0.365. The van der Waals surface area contributed by atoms with E-state index >= 15 is 0 Å². The maximum absolute atomic E-state index is 12.2. The number of benzene rings is 2. The molecule has 8 heteroatoms. The van der Waals surface area contributed by atoms with Gasteiger partial charge in [0.15, 0.2) is 11.5 Å². The van der Waals surface area contributed by atoms with Crippen LogP contribution in [0.5, 0.6) is 17.2 Å². The number of β-amino-alcohol motifs (C(OH)–C–C–N with tert-alkyl or cyclic N) is 1. The Labute approximate surface area is 238 Å². The number of aliphatic hydroxyl groups is 1. The van der Waals surface area contributed by atoms with E-state index in [9.17, 15) is 9.90 Å². The lowest BCUT2D eigenvalue weighted by molar-refractivity contribution is -0.130. The van der Waals surface area contributed by atoms with Gasteiger partial charge in [-0.2, -0.15) is 0 Å². The highest BCUT2D eigenvalue weighted by atomic mass is 35.5. The van der Waals surface area contributed by atoms with Gasteiger partial charge in [0.05, 0.1) is 13.7 Å². The van der Waals surface area contributed by atoms with Crippen molar-refractivity contribution >= 4 is 17.5 Å². The van der Waals surface area contributed by atoms with Crippen LogP contribution in [0.1, 0.15) is 61.6 Å². The van der Waals surface area contributed by atoms with Gasteiger partial charge in [0.1, 0.15) is 18.0 Å². The third kappa shape index (κ3) is 8.26. The smallest absolute Gasteiger partial charge is 0.222 e. The predicted octanol–water partition coefficient (Wildman–Crippen LogP) is 5.54. The molecule has 7 nitrogen and oxygen atoms in total. The van der Waals surface area contributed by atoms with E-state index in [-0.39, 0.29) is 12.5 Å². The van der Waals surface area contributed by atoms with Crippen LogP contribution in [0.3, 0.4) is 0 Å². The molecular formula is C31H43ClN2O5. The highest BCUT2D eigenvalue weighted by molar-refractivity contribution is 6.32. The summed E-state index contributed by atoms with van der Waals surface area (Å²) in [4.78, 5) is 16.4. The summed E-state index contributed by atoms with van der Waals surface area (Å²) in [6.07, 6.45) is 6.29. The third-order valence-electron chi connectivity index (χ3n) is 7.69. The molecule has 2 saturated heterocycles. The molecule has 1 atom stereocenters. The fraction of sp³-hybridized carbons (Fsp3) is 0.581. The molecule has 0 radical (unpaired) electrons. The summed E-state index contributed by atoms with van der Waals surface area (Å²) in [6.45, 7) is 8.44. The Morgan fingerprint density at radius 3 is 2.56 bits per heavy atom. The molecule has 0 spiro atoms. The monoisotopic (exact) mass is 558 g/mol. The summed E-state index contributed by atoms with van der Waals surface area (Å²) >= 11 is 6.28. The highest BCUT2D eigenvalue weighted by Gasteiger charge is 2.34. The van der Waals surface area contributed by atoms with Gasteiger partial charge in [0, 0.05) is 37.6 Å². The number of hydrogen-bond donors (Lipinski definition) is 1. The molecule has 1 N–H and O–H groups in total. The van der Waals surface area contributed by atoms with Crippen LogP contribution in [0.4, 0.5) is 0 Å². The van der Waals surface area contributed by atoms with Gasteiger partial charge >= 0.3 is 0 Å². The minimum absolute atomic E-state index is 0.239. The number of nitrogens with zero attached hydrogens (tertiary/aromatic N) is 2. The average Bonchev–Trinajstić information content (AvgIpc) is 3.12. The number of aryl methyl sites for hydroxylation is 2. The topological polar surface area (TPSA) is 71.5 Å². The number of amides is 1. The Bertz CT molecular complexity index is 1100. The Morgan fingerprint density at radius 1 is 1.00 bits per heavy atom. The molecule has 1 amide bonds. The van der Waals surface area contributed by atoms with Gasteiger partial charge in [-0.15, -0.1) is 0 Å². The van der Waals surface area contributed by atoms with E-state index < -0.39 is 5.60 Å². The molecule has 2 aromatic carbocycles.